The molecule has 1 fully saturated rings. The Balaban J connectivity index is 2.04. The molecule has 1 heterocycles. The van der Waals surface area contributed by atoms with Gasteiger partial charge in [-0.1, -0.05) is 24.6 Å². The van der Waals surface area contributed by atoms with E-state index in [1.807, 2.05) is 25.1 Å². The fraction of sp³-hybridized carbons (Fsp3) is 0.533. The van der Waals surface area contributed by atoms with E-state index in [1.54, 1.807) is 0 Å². The van der Waals surface area contributed by atoms with Gasteiger partial charge in [-0.05, 0) is 31.0 Å². The van der Waals surface area contributed by atoms with E-state index >= 15 is 0 Å². The van der Waals surface area contributed by atoms with Crippen LogP contribution in [-0.2, 0) is 4.79 Å². The molecule has 0 spiro atoms. The molecule has 0 aromatic heterocycles. The van der Waals surface area contributed by atoms with Crippen LogP contribution in [0.4, 0.5) is 5.69 Å². The van der Waals surface area contributed by atoms with Crippen molar-refractivity contribution in [3.05, 3.63) is 28.8 Å². The number of benzene rings is 1. The second kappa shape index (κ2) is 6.46. The van der Waals surface area contributed by atoms with Crippen LogP contribution < -0.4 is 4.90 Å². The highest BCUT2D eigenvalue weighted by Crippen LogP contribution is 2.25. The van der Waals surface area contributed by atoms with Crippen LogP contribution in [0, 0.1) is 6.92 Å². The van der Waals surface area contributed by atoms with Gasteiger partial charge < -0.3 is 10.0 Å². The summed E-state index contributed by atoms with van der Waals surface area (Å²) in [5, 5.41) is 9.96. The van der Waals surface area contributed by atoms with Gasteiger partial charge in [0.2, 0.25) is 0 Å². The van der Waals surface area contributed by atoms with E-state index < -0.39 is 5.97 Å². The van der Waals surface area contributed by atoms with Gasteiger partial charge in [0.15, 0.2) is 0 Å². The van der Waals surface area contributed by atoms with Gasteiger partial charge in [-0.3, -0.25) is 9.69 Å². The van der Waals surface area contributed by atoms with Crippen LogP contribution in [0.2, 0.25) is 5.02 Å². The molecule has 0 radical (unpaired) electrons. The molecule has 1 aliphatic heterocycles. The summed E-state index contributed by atoms with van der Waals surface area (Å²) >= 11 is 6.06. The summed E-state index contributed by atoms with van der Waals surface area (Å²) in [7, 11) is 0. The van der Waals surface area contributed by atoms with E-state index in [2.05, 4.69) is 16.7 Å². The highest BCUT2D eigenvalue weighted by molar-refractivity contribution is 6.30. The lowest BCUT2D eigenvalue weighted by Gasteiger charge is -2.39. The van der Waals surface area contributed by atoms with Crippen molar-refractivity contribution in [2.24, 2.45) is 0 Å². The van der Waals surface area contributed by atoms with Crippen LogP contribution in [0.15, 0.2) is 18.2 Å². The van der Waals surface area contributed by atoms with E-state index in [0.717, 1.165) is 36.9 Å². The molecule has 0 bridgehead atoms. The number of aryl methyl sites for hydroxylation is 1. The van der Waals surface area contributed by atoms with Gasteiger partial charge in [0.25, 0.3) is 0 Å². The Hall–Kier alpha value is -1.26. The maximum Gasteiger partial charge on any atom is 0.320 e. The number of carboxylic acids is 1. The van der Waals surface area contributed by atoms with Gasteiger partial charge in [0, 0.05) is 36.9 Å². The topological polar surface area (TPSA) is 43.8 Å². The fourth-order valence-corrected chi connectivity index (χ4v) is 2.95. The van der Waals surface area contributed by atoms with Crippen LogP contribution in [0.25, 0.3) is 0 Å². The highest BCUT2D eigenvalue weighted by atomic mass is 35.5. The quantitative estimate of drug-likeness (QED) is 0.928. The number of halogens is 1. The second-order valence-electron chi connectivity index (χ2n) is 5.22. The fourth-order valence-electron chi connectivity index (χ4n) is 2.79. The molecular formula is C15H21ClN2O2. The van der Waals surface area contributed by atoms with Crippen molar-refractivity contribution < 1.29 is 9.90 Å². The molecule has 4 nitrogen and oxygen atoms in total. The third-order valence-corrected chi connectivity index (χ3v) is 4.17. The van der Waals surface area contributed by atoms with Gasteiger partial charge in [0.1, 0.15) is 6.04 Å². The molecular weight excluding hydrogens is 276 g/mol. The van der Waals surface area contributed by atoms with Gasteiger partial charge in [-0.2, -0.15) is 0 Å². The Labute approximate surface area is 124 Å². The summed E-state index contributed by atoms with van der Waals surface area (Å²) in [5.74, 6) is -0.722. The molecule has 1 unspecified atom stereocenters. The largest absolute Gasteiger partial charge is 0.480 e. The van der Waals surface area contributed by atoms with Gasteiger partial charge in [0.05, 0.1) is 0 Å². The van der Waals surface area contributed by atoms with Crippen molar-refractivity contribution in [2.75, 3.05) is 31.1 Å². The molecule has 1 aliphatic rings. The van der Waals surface area contributed by atoms with Crippen molar-refractivity contribution in [1.82, 2.24) is 4.90 Å². The van der Waals surface area contributed by atoms with Crippen LogP contribution in [0.3, 0.4) is 0 Å². The summed E-state index contributed by atoms with van der Waals surface area (Å²) in [6.07, 6.45) is 0.644. The molecule has 1 atom stereocenters. The number of hydrogen-bond acceptors (Lipinski definition) is 3. The van der Waals surface area contributed by atoms with Crippen molar-refractivity contribution in [2.45, 2.75) is 26.3 Å². The highest BCUT2D eigenvalue weighted by Gasteiger charge is 2.27. The monoisotopic (exact) mass is 296 g/mol. The zero-order chi connectivity index (χ0) is 14.7. The minimum atomic E-state index is -0.722. The number of nitrogens with zero attached hydrogens (tertiary/aromatic N) is 2. The zero-order valence-corrected chi connectivity index (χ0v) is 12.7. The molecule has 20 heavy (non-hydrogen) atoms. The van der Waals surface area contributed by atoms with E-state index in [9.17, 15) is 9.90 Å². The minimum Gasteiger partial charge on any atom is -0.480 e. The first kappa shape index (κ1) is 15.1. The van der Waals surface area contributed by atoms with Crippen molar-refractivity contribution in [3.63, 3.8) is 0 Å². The van der Waals surface area contributed by atoms with Crippen LogP contribution >= 0.6 is 11.6 Å². The third-order valence-electron chi connectivity index (χ3n) is 3.94. The number of carbonyl (C=O) groups is 1. The average Bonchev–Trinajstić information content (AvgIpc) is 2.43. The van der Waals surface area contributed by atoms with Crippen LogP contribution in [0.5, 0.6) is 0 Å². The van der Waals surface area contributed by atoms with Gasteiger partial charge in [-0.15, -0.1) is 0 Å². The first-order chi connectivity index (χ1) is 9.52. The number of hydrogen-bond donors (Lipinski definition) is 1. The normalized spacial score (nSPS) is 18.1. The number of piperazine rings is 1. The van der Waals surface area contributed by atoms with Crippen LogP contribution in [-0.4, -0.2) is 48.2 Å². The predicted molar refractivity (Wildman–Crippen MR) is 81.7 cm³/mol. The lowest BCUT2D eigenvalue weighted by atomic mass is 10.1. The standard InChI is InChI=1S/C15H21ClN2O2/c1-3-13(15(19)20)17-6-8-18(9-7-17)14-10-12(16)5-4-11(14)2/h4-5,10,13H,3,6-9H2,1-2H3,(H,19,20). The molecule has 0 saturated carbocycles. The Morgan fingerprint density at radius 2 is 2.00 bits per heavy atom. The number of aliphatic carboxylic acids is 1. The van der Waals surface area contributed by atoms with Crippen molar-refractivity contribution >= 4 is 23.3 Å². The molecule has 5 heteroatoms. The molecule has 1 N–H and O–H groups in total. The van der Waals surface area contributed by atoms with Crippen molar-refractivity contribution in [1.29, 1.82) is 0 Å². The molecule has 0 amide bonds. The molecule has 2 rings (SSSR count). The maximum absolute atomic E-state index is 11.2. The van der Waals surface area contributed by atoms with E-state index in [-0.39, 0.29) is 6.04 Å². The summed E-state index contributed by atoms with van der Waals surface area (Å²) in [6.45, 7) is 7.22. The Kier molecular flexibility index (Phi) is 4.89. The zero-order valence-electron chi connectivity index (χ0n) is 12.0. The Bertz CT molecular complexity index is 485. The average molecular weight is 297 g/mol. The maximum atomic E-state index is 11.2. The van der Waals surface area contributed by atoms with Crippen molar-refractivity contribution in [3.8, 4) is 0 Å². The SMILES string of the molecule is CCC(C(=O)O)N1CCN(c2cc(Cl)ccc2C)CC1. The second-order valence-corrected chi connectivity index (χ2v) is 5.65. The minimum absolute atomic E-state index is 0.363. The van der Waals surface area contributed by atoms with E-state index in [4.69, 9.17) is 11.6 Å². The molecule has 0 aliphatic carbocycles. The smallest absolute Gasteiger partial charge is 0.320 e. The number of rotatable bonds is 4. The Morgan fingerprint density at radius 1 is 1.35 bits per heavy atom. The summed E-state index contributed by atoms with van der Waals surface area (Å²) in [6, 6.07) is 5.54. The lowest BCUT2D eigenvalue weighted by molar-refractivity contribution is -0.143. The van der Waals surface area contributed by atoms with Gasteiger partial charge in [-0.25, -0.2) is 0 Å². The summed E-state index contributed by atoms with van der Waals surface area (Å²) < 4.78 is 0. The Morgan fingerprint density at radius 3 is 2.55 bits per heavy atom. The molecule has 110 valence electrons. The molecule has 1 aromatic carbocycles. The number of carboxylic acid groups (broad SMARTS) is 1. The summed E-state index contributed by atoms with van der Waals surface area (Å²) in [5.41, 5.74) is 2.36. The molecule has 1 saturated heterocycles. The predicted octanol–water partition coefficient (Wildman–Crippen LogP) is 2.63. The molecule has 1 aromatic rings. The first-order valence-electron chi connectivity index (χ1n) is 7.01. The van der Waals surface area contributed by atoms with Gasteiger partial charge >= 0.3 is 5.97 Å². The summed E-state index contributed by atoms with van der Waals surface area (Å²) in [4.78, 5) is 15.5. The number of anilines is 1. The van der Waals surface area contributed by atoms with E-state index in [1.165, 1.54) is 5.56 Å². The van der Waals surface area contributed by atoms with E-state index in [0.29, 0.717) is 6.42 Å². The first-order valence-corrected chi connectivity index (χ1v) is 7.38. The van der Waals surface area contributed by atoms with Crippen LogP contribution in [0.1, 0.15) is 18.9 Å². The third kappa shape index (κ3) is 3.25. The lowest BCUT2D eigenvalue weighted by Crippen LogP contribution is -2.52.